The number of anilines is 1. The van der Waals surface area contributed by atoms with Gasteiger partial charge in [0, 0.05) is 42.4 Å². The van der Waals surface area contributed by atoms with Crippen LogP contribution >= 0.6 is 10.7 Å². The van der Waals surface area contributed by atoms with Crippen LogP contribution in [0.3, 0.4) is 0 Å². The Morgan fingerprint density at radius 1 is 0.892 bits per heavy atom. The van der Waals surface area contributed by atoms with Gasteiger partial charge in [-0.2, -0.15) is 25.9 Å². The Labute approximate surface area is 214 Å². The highest BCUT2D eigenvalue weighted by molar-refractivity contribution is 8.11. The zero-order valence-electron chi connectivity index (χ0n) is 18.7. The van der Waals surface area contributed by atoms with Gasteiger partial charge in [0.05, 0.1) is 16.2 Å². The van der Waals surface area contributed by atoms with E-state index in [2.05, 4.69) is 9.97 Å². The molecule has 0 unspecified atom stereocenters. The van der Waals surface area contributed by atoms with Crippen LogP contribution in [-0.4, -0.2) is 57.3 Å². The quantitative estimate of drug-likeness (QED) is 0.363. The van der Waals surface area contributed by atoms with E-state index < -0.39 is 37.1 Å². The third kappa shape index (κ3) is 6.01. The van der Waals surface area contributed by atoms with Crippen molar-refractivity contribution in [2.45, 2.75) is 11.1 Å². The maximum atomic E-state index is 13.9. The number of alkyl halides is 3. The molecule has 4 rings (SSSR count). The average molecular weight is 580 g/mol. The van der Waals surface area contributed by atoms with E-state index in [4.69, 9.17) is 15.8 Å². The number of rotatable bonds is 5. The summed E-state index contributed by atoms with van der Waals surface area (Å²) in [4.78, 5) is 8.60. The van der Waals surface area contributed by atoms with E-state index in [-0.39, 0.29) is 59.3 Å². The Morgan fingerprint density at radius 2 is 1.51 bits per heavy atom. The molecule has 1 aliphatic heterocycles. The highest BCUT2D eigenvalue weighted by Crippen LogP contribution is 2.41. The average Bonchev–Trinajstić information content (AvgIpc) is 2.82. The van der Waals surface area contributed by atoms with E-state index >= 15 is 0 Å². The van der Waals surface area contributed by atoms with Gasteiger partial charge in [-0.3, -0.25) is 0 Å². The summed E-state index contributed by atoms with van der Waals surface area (Å²) in [7, 11) is -2.83. The van der Waals surface area contributed by atoms with Crippen molar-refractivity contribution in [2.75, 3.05) is 31.1 Å². The zero-order valence-corrected chi connectivity index (χ0v) is 21.0. The first-order chi connectivity index (χ1) is 17.1. The predicted molar refractivity (Wildman–Crippen MR) is 128 cm³/mol. The third-order valence-corrected chi connectivity index (χ3v) is 8.04. The molecule has 2 N–H and O–H groups in total. The van der Waals surface area contributed by atoms with Crippen LogP contribution in [0.2, 0.25) is 0 Å². The Morgan fingerprint density at radius 3 is 2.05 bits per heavy atom. The number of benzene rings is 2. The van der Waals surface area contributed by atoms with Gasteiger partial charge in [0.1, 0.15) is 11.6 Å². The number of nitrogens with two attached hydrogens (primary N) is 1. The van der Waals surface area contributed by atoms with Gasteiger partial charge in [-0.1, -0.05) is 12.1 Å². The molecule has 1 saturated heterocycles. The molecule has 0 radical (unpaired) electrons. The fourth-order valence-corrected chi connectivity index (χ4v) is 5.41. The first kappa shape index (κ1) is 27.2. The highest BCUT2D eigenvalue weighted by Gasteiger charge is 2.38. The fraction of sp³-hybridized carbons (Fsp3) is 0.238. The number of hydrogen-bond acceptors (Lipinski definition) is 7. The second-order valence-corrected chi connectivity index (χ2v) is 12.1. The lowest BCUT2D eigenvalue weighted by atomic mass is 9.98. The lowest BCUT2D eigenvalue weighted by Gasteiger charge is -2.35. The van der Waals surface area contributed by atoms with E-state index in [1.807, 2.05) is 0 Å². The van der Waals surface area contributed by atoms with Gasteiger partial charge in [-0.25, -0.2) is 27.9 Å². The van der Waals surface area contributed by atoms with E-state index in [1.165, 1.54) is 35.2 Å². The van der Waals surface area contributed by atoms with Crippen LogP contribution in [0.5, 0.6) is 0 Å². The molecule has 1 aliphatic rings. The standard InChI is InChI=1S/C21H18ClF4N5O4S2/c22-37(34,35)31-10-8-30(9-11-31)19-17(14-2-1-3-16(12-14)36(27,32)33)18(13-4-6-15(23)7-5-13)28-20(29-19)21(24,25)26/h1-7,12H,8-11H2,(H2,27,32,33). The Hall–Kier alpha value is -2.85. The van der Waals surface area contributed by atoms with Gasteiger partial charge < -0.3 is 4.90 Å². The van der Waals surface area contributed by atoms with Crippen LogP contribution < -0.4 is 10.0 Å². The minimum atomic E-state index is -4.97. The monoisotopic (exact) mass is 579 g/mol. The molecule has 0 spiro atoms. The van der Waals surface area contributed by atoms with Crippen molar-refractivity contribution < 1.29 is 34.4 Å². The molecular weight excluding hydrogens is 562 g/mol. The van der Waals surface area contributed by atoms with Gasteiger partial charge in [0.15, 0.2) is 0 Å². The molecule has 0 saturated carbocycles. The smallest absolute Gasteiger partial charge is 0.353 e. The van der Waals surface area contributed by atoms with E-state index in [0.717, 1.165) is 22.5 Å². The lowest BCUT2D eigenvalue weighted by Crippen LogP contribution is -2.48. The van der Waals surface area contributed by atoms with Gasteiger partial charge in [0.25, 0.3) is 9.24 Å². The molecule has 3 aromatic rings. The van der Waals surface area contributed by atoms with E-state index in [0.29, 0.717) is 0 Å². The molecule has 198 valence electrons. The fourth-order valence-electron chi connectivity index (χ4n) is 3.83. The van der Waals surface area contributed by atoms with Crippen molar-refractivity contribution in [1.82, 2.24) is 14.3 Å². The summed E-state index contributed by atoms with van der Waals surface area (Å²) in [6.07, 6.45) is -4.97. The zero-order chi connectivity index (χ0) is 27.2. The van der Waals surface area contributed by atoms with Crippen molar-refractivity contribution in [2.24, 2.45) is 5.14 Å². The van der Waals surface area contributed by atoms with Crippen molar-refractivity contribution in [3.63, 3.8) is 0 Å². The van der Waals surface area contributed by atoms with Gasteiger partial charge in [-0.05, 0) is 42.0 Å². The highest BCUT2D eigenvalue weighted by atomic mass is 35.7. The second kappa shape index (κ2) is 9.79. The number of nitrogens with zero attached hydrogens (tertiary/aromatic N) is 4. The summed E-state index contributed by atoms with van der Waals surface area (Å²) in [5, 5.41) is 5.25. The number of halogens is 5. The Balaban J connectivity index is 2.00. The molecule has 9 nitrogen and oxygen atoms in total. The number of hydrogen-bond donors (Lipinski definition) is 1. The largest absolute Gasteiger partial charge is 0.451 e. The van der Waals surface area contributed by atoms with Crippen LogP contribution in [-0.2, 0) is 25.4 Å². The minimum Gasteiger partial charge on any atom is -0.353 e. The van der Waals surface area contributed by atoms with Gasteiger partial charge >= 0.3 is 6.18 Å². The number of piperazine rings is 1. The van der Waals surface area contributed by atoms with Crippen LogP contribution in [0.1, 0.15) is 5.82 Å². The Bertz CT molecular complexity index is 1540. The van der Waals surface area contributed by atoms with Crippen molar-refractivity contribution in [3.8, 4) is 22.4 Å². The lowest BCUT2D eigenvalue weighted by molar-refractivity contribution is -0.144. The maximum absolute atomic E-state index is 13.9. The maximum Gasteiger partial charge on any atom is 0.451 e. The summed E-state index contributed by atoms with van der Waals surface area (Å²) >= 11 is 0. The molecular formula is C21H18ClF4N5O4S2. The summed E-state index contributed by atoms with van der Waals surface area (Å²) in [6, 6.07) is 9.71. The molecule has 37 heavy (non-hydrogen) atoms. The predicted octanol–water partition coefficient (Wildman–Crippen LogP) is 3.22. The van der Waals surface area contributed by atoms with E-state index in [9.17, 15) is 34.4 Å². The summed E-state index contributed by atoms with van der Waals surface area (Å²) in [5.41, 5.74) is 0.0130. The first-order valence-corrected chi connectivity index (χ1v) is 14.3. The molecule has 1 aromatic heterocycles. The molecule has 0 bridgehead atoms. The number of sulfonamides is 1. The number of primary sulfonamides is 1. The molecule has 2 aromatic carbocycles. The first-order valence-electron chi connectivity index (χ1n) is 10.5. The summed E-state index contributed by atoms with van der Waals surface area (Å²) < 4.78 is 104. The molecule has 2 heterocycles. The van der Waals surface area contributed by atoms with Crippen molar-refractivity contribution in [3.05, 3.63) is 60.2 Å². The Kier molecular flexibility index (Phi) is 7.20. The minimum absolute atomic E-state index is 0.0206. The van der Waals surface area contributed by atoms with E-state index in [1.54, 1.807) is 0 Å². The summed E-state index contributed by atoms with van der Waals surface area (Å²) in [6.45, 7) is -0.435. The number of aromatic nitrogens is 2. The molecule has 1 fully saturated rings. The van der Waals surface area contributed by atoms with Crippen LogP contribution in [0, 0.1) is 5.82 Å². The molecule has 16 heteroatoms. The van der Waals surface area contributed by atoms with Crippen molar-refractivity contribution >= 4 is 35.8 Å². The van der Waals surface area contributed by atoms with Gasteiger partial charge in [0.2, 0.25) is 15.8 Å². The van der Waals surface area contributed by atoms with Gasteiger partial charge in [-0.15, -0.1) is 0 Å². The van der Waals surface area contributed by atoms with Crippen LogP contribution in [0.15, 0.2) is 53.4 Å². The summed E-state index contributed by atoms with van der Waals surface area (Å²) in [5.74, 6) is -2.34. The van der Waals surface area contributed by atoms with Crippen LogP contribution in [0.4, 0.5) is 23.4 Å². The SMILES string of the molecule is NS(=O)(=O)c1cccc(-c2c(-c3ccc(F)cc3)nc(C(F)(F)F)nc2N2CCN(S(=O)(=O)Cl)CC2)c1. The van der Waals surface area contributed by atoms with Crippen LogP contribution in [0.25, 0.3) is 22.4 Å². The second-order valence-electron chi connectivity index (χ2n) is 8.00. The normalized spacial score (nSPS) is 15.7. The third-order valence-electron chi connectivity index (χ3n) is 5.56. The molecule has 0 atom stereocenters. The molecule has 0 aliphatic carbocycles. The van der Waals surface area contributed by atoms with Crippen molar-refractivity contribution in [1.29, 1.82) is 0 Å². The topological polar surface area (TPSA) is 127 Å². The molecule has 0 amide bonds.